The van der Waals surface area contributed by atoms with E-state index in [-0.39, 0.29) is 24.8 Å². The topological polar surface area (TPSA) is 105 Å². The lowest BCUT2D eigenvalue weighted by Gasteiger charge is -2.29. The molecule has 28 heavy (non-hydrogen) atoms. The molecule has 0 radical (unpaired) electrons. The molecule has 2 aliphatic rings. The number of nitrogens with two attached hydrogens (primary N) is 1. The Morgan fingerprint density at radius 1 is 1.36 bits per heavy atom. The van der Waals surface area contributed by atoms with Crippen LogP contribution in [-0.4, -0.2) is 47.8 Å². The van der Waals surface area contributed by atoms with Gasteiger partial charge in [-0.3, -0.25) is 14.4 Å². The highest BCUT2D eigenvalue weighted by atomic mass is 16.2. The number of benzene rings is 1. The van der Waals surface area contributed by atoms with Crippen molar-refractivity contribution in [1.29, 1.82) is 0 Å². The number of carbonyl (C=O) groups is 3. The fourth-order valence-electron chi connectivity index (χ4n) is 4.39. The number of nitrogens with zero attached hydrogens (tertiary/aromatic N) is 1. The number of anilines is 1. The van der Waals surface area contributed by atoms with Gasteiger partial charge in [-0.2, -0.15) is 0 Å². The number of amides is 3. The molecule has 1 saturated heterocycles. The number of nitrogens with one attached hydrogen (secondary N) is 2. The van der Waals surface area contributed by atoms with E-state index in [1.807, 2.05) is 31.2 Å². The van der Waals surface area contributed by atoms with E-state index in [0.717, 1.165) is 17.7 Å². The van der Waals surface area contributed by atoms with Gasteiger partial charge in [-0.1, -0.05) is 39.0 Å². The SMILES string of the molecule is CCCN[C@@H](CC(C)C)C(=O)N1C[C@]2(C[C@H]1C(N)=O)C(=O)Nc1ccccc12. The van der Waals surface area contributed by atoms with Crippen molar-refractivity contribution in [3.63, 3.8) is 0 Å². The van der Waals surface area contributed by atoms with Gasteiger partial charge in [0, 0.05) is 12.2 Å². The van der Waals surface area contributed by atoms with Crippen LogP contribution < -0.4 is 16.4 Å². The van der Waals surface area contributed by atoms with Gasteiger partial charge in [0.25, 0.3) is 0 Å². The number of likely N-dealkylation sites (tertiary alicyclic amines) is 1. The monoisotopic (exact) mass is 386 g/mol. The summed E-state index contributed by atoms with van der Waals surface area (Å²) in [6.45, 7) is 7.05. The molecule has 2 aliphatic heterocycles. The summed E-state index contributed by atoms with van der Waals surface area (Å²) in [5.41, 5.74) is 6.32. The molecule has 0 aliphatic carbocycles. The molecular weight excluding hydrogens is 356 g/mol. The van der Waals surface area contributed by atoms with Gasteiger partial charge >= 0.3 is 0 Å². The van der Waals surface area contributed by atoms with Gasteiger partial charge in [0.1, 0.15) is 6.04 Å². The van der Waals surface area contributed by atoms with Gasteiger partial charge in [0.05, 0.1) is 11.5 Å². The van der Waals surface area contributed by atoms with Gasteiger partial charge in [-0.05, 0) is 43.4 Å². The van der Waals surface area contributed by atoms with Crippen molar-refractivity contribution >= 4 is 23.4 Å². The third-order valence-electron chi connectivity index (χ3n) is 5.74. The van der Waals surface area contributed by atoms with Crippen LogP contribution in [0.2, 0.25) is 0 Å². The maximum absolute atomic E-state index is 13.4. The third-order valence-corrected chi connectivity index (χ3v) is 5.74. The second-order valence-electron chi connectivity index (χ2n) is 8.31. The predicted molar refractivity (Wildman–Crippen MR) is 108 cm³/mol. The largest absolute Gasteiger partial charge is 0.368 e. The minimum absolute atomic E-state index is 0.153. The molecule has 3 rings (SSSR count). The fourth-order valence-corrected chi connectivity index (χ4v) is 4.39. The van der Waals surface area contributed by atoms with Gasteiger partial charge < -0.3 is 21.3 Å². The van der Waals surface area contributed by atoms with Crippen molar-refractivity contribution in [3.05, 3.63) is 29.8 Å². The van der Waals surface area contributed by atoms with Gasteiger partial charge in [-0.25, -0.2) is 0 Å². The molecule has 1 aromatic carbocycles. The van der Waals surface area contributed by atoms with Crippen molar-refractivity contribution in [1.82, 2.24) is 10.2 Å². The first-order valence-corrected chi connectivity index (χ1v) is 10.0. The number of para-hydroxylation sites is 1. The summed E-state index contributed by atoms with van der Waals surface area (Å²) < 4.78 is 0. The first kappa shape index (κ1) is 20.3. The number of hydrogen-bond acceptors (Lipinski definition) is 4. The molecule has 0 aromatic heterocycles. The fraction of sp³-hybridized carbons (Fsp3) is 0.571. The Balaban J connectivity index is 1.93. The minimum atomic E-state index is -0.918. The number of fused-ring (bicyclic) bond motifs is 2. The van der Waals surface area contributed by atoms with Crippen LogP contribution in [-0.2, 0) is 19.8 Å². The van der Waals surface area contributed by atoms with Gasteiger partial charge in [0.15, 0.2) is 0 Å². The highest BCUT2D eigenvalue weighted by molar-refractivity contribution is 6.08. The van der Waals surface area contributed by atoms with Crippen molar-refractivity contribution in [2.75, 3.05) is 18.4 Å². The summed E-state index contributed by atoms with van der Waals surface area (Å²) in [7, 11) is 0. The zero-order chi connectivity index (χ0) is 20.5. The molecule has 1 spiro atoms. The zero-order valence-corrected chi connectivity index (χ0v) is 16.8. The molecule has 3 amide bonds. The lowest BCUT2D eigenvalue weighted by molar-refractivity contribution is -0.139. The Hall–Kier alpha value is -2.41. The molecule has 0 bridgehead atoms. The molecule has 0 unspecified atom stereocenters. The van der Waals surface area contributed by atoms with Crippen LogP contribution in [0.3, 0.4) is 0 Å². The van der Waals surface area contributed by atoms with E-state index in [4.69, 9.17) is 5.73 Å². The van der Waals surface area contributed by atoms with Crippen molar-refractivity contribution in [2.45, 2.75) is 57.5 Å². The van der Waals surface area contributed by atoms with Crippen LogP contribution in [0.4, 0.5) is 5.69 Å². The molecule has 4 N–H and O–H groups in total. The number of carbonyl (C=O) groups excluding carboxylic acids is 3. The molecule has 1 aromatic rings. The van der Waals surface area contributed by atoms with Gasteiger partial charge in [-0.15, -0.1) is 0 Å². The van der Waals surface area contributed by atoms with Crippen LogP contribution in [0.15, 0.2) is 24.3 Å². The molecule has 7 heteroatoms. The van der Waals surface area contributed by atoms with Crippen LogP contribution >= 0.6 is 0 Å². The summed E-state index contributed by atoms with van der Waals surface area (Å²) in [6, 6.07) is 6.28. The molecule has 152 valence electrons. The molecular formula is C21H30N4O3. The van der Waals surface area contributed by atoms with Crippen molar-refractivity contribution in [3.8, 4) is 0 Å². The molecule has 0 saturated carbocycles. The van der Waals surface area contributed by atoms with Gasteiger partial charge in [0.2, 0.25) is 17.7 Å². The van der Waals surface area contributed by atoms with Crippen molar-refractivity contribution < 1.29 is 14.4 Å². The summed E-state index contributed by atoms with van der Waals surface area (Å²) in [4.78, 5) is 40.0. The lowest BCUT2D eigenvalue weighted by atomic mass is 9.79. The van der Waals surface area contributed by atoms with Crippen LogP contribution in [0.1, 0.15) is 45.6 Å². The Labute approximate surface area is 166 Å². The third kappa shape index (κ3) is 3.51. The number of primary amides is 1. The zero-order valence-electron chi connectivity index (χ0n) is 16.8. The highest BCUT2D eigenvalue weighted by Gasteiger charge is 2.57. The second-order valence-corrected chi connectivity index (χ2v) is 8.31. The van der Waals surface area contributed by atoms with E-state index >= 15 is 0 Å². The highest BCUT2D eigenvalue weighted by Crippen LogP contribution is 2.46. The standard InChI is InChI=1S/C21H30N4O3/c1-4-9-23-16(10-13(2)3)19(27)25-12-21(11-17(25)18(22)26)14-7-5-6-8-15(14)24-20(21)28/h5-8,13,16-17,23H,4,9-12H2,1-3H3,(H2,22,26)(H,24,28)/t16-,17-,21-/m0/s1. The maximum Gasteiger partial charge on any atom is 0.240 e. The number of hydrogen-bond donors (Lipinski definition) is 3. The molecule has 7 nitrogen and oxygen atoms in total. The number of rotatable bonds is 7. The smallest absolute Gasteiger partial charge is 0.240 e. The van der Waals surface area contributed by atoms with E-state index in [9.17, 15) is 14.4 Å². The minimum Gasteiger partial charge on any atom is -0.368 e. The molecule has 3 atom stereocenters. The first-order valence-electron chi connectivity index (χ1n) is 10.0. The summed E-state index contributed by atoms with van der Waals surface area (Å²) >= 11 is 0. The first-order chi connectivity index (χ1) is 13.3. The Bertz CT molecular complexity index is 779. The van der Waals surface area contributed by atoms with Crippen molar-refractivity contribution in [2.24, 2.45) is 11.7 Å². The summed E-state index contributed by atoms with van der Waals surface area (Å²) in [5, 5.41) is 6.20. The maximum atomic E-state index is 13.4. The van der Waals surface area contributed by atoms with Crippen LogP contribution in [0.25, 0.3) is 0 Å². The summed E-state index contributed by atoms with van der Waals surface area (Å²) in [5.74, 6) is -0.573. The van der Waals surface area contributed by atoms with E-state index in [1.165, 1.54) is 4.90 Å². The van der Waals surface area contributed by atoms with E-state index in [1.54, 1.807) is 0 Å². The van der Waals surface area contributed by atoms with E-state index in [2.05, 4.69) is 24.5 Å². The normalized spacial score (nSPS) is 24.5. The molecule has 2 heterocycles. The Kier molecular flexibility index (Phi) is 5.74. The van der Waals surface area contributed by atoms with Crippen LogP contribution in [0, 0.1) is 5.92 Å². The Morgan fingerprint density at radius 2 is 2.07 bits per heavy atom. The molecule has 1 fully saturated rings. The average Bonchev–Trinajstić information content (AvgIpc) is 3.18. The Morgan fingerprint density at radius 3 is 2.71 bits per heavy atom. The quantitative estimate of drug-likeness (QED) is 0.658. The second kappa shape index (κ2) is 7.91. The lowest BCUT2D eigenvalue weighted by Crippen LogP contribution is -2.52. The summed E-state index contributed by atoms with van der Waals surface area (Å²) in [6.07, 6.45) is 1.79. The van der Waals surface area contributed by atoms with E-state index < -0.39 is 23.4 Å². The van der Waals surface area contributed by atoms with E-state index in [0.29, 0.717) is 18.9 Å². The predicted octanol–water partition coefficient (Wildman–Crippen LogP) is 1.38. The van der Waals surface area contributed by atoms with Crippen LogP contribution in [0.5, 0.6) is 0 Å². The average molecular weight is 386 g/mol.